The van der Waals surface area contributed by atoms with Crippen LogP contribution in [-0.2, 0) is 0 Å². The topological polar surface area (TPSA) is 63.8 Å². The highest BCUT2D eigenvalue weighted by Gasteiger charge is 2.17. The van der Waals surface area contributed by atoms with Crippen molar-refractivity contribution in [2.75, 3.05) is 7.11 Å². The van der Waals surface area contributed by atoms with Crippen molar-refractivity contribution in [3.05, 3.63) is 93.7 Å². The normalized spacial score (nSPS) is 11.2. The zero-order chi connectivity index (χ0) is 20.4. The third-order valence-electron chi connectivity index (χ3n) is 4.61. The summed E-state index contributed by atoms with van der Waals surface area (Å²) in [5.74, 6) is 0.503. The maximum atomic E-state index is 13.1. The Hall–Kier alpha value is -3.57. The van der Waals surface area contributed by atoms with Crippen molar-refractivity contribution in [3.8, 4) is 17.3 Å². The van der Waals surface area contributed by atoms with E-state index in [-0.39, 0.29) is 11.4 Å². The van der Waals surface area contributed by atoms with Gasteiger partial charge in [-0.1, -0.05) is 41.9 Å². The number of fused-ring (bicyclic) bond motifs is 1. The number of hydrogen-bond donors (Lipinski definition) is 1. The van der Waals surface area contributed by atoms with Crippen LogP contribution in [0.1, 0.15) is 5.56 Å². The van der Waals surface area contributed by atoms with Crippen molar-refractivity contribution in [2.24, 2.45) is 4.99 Å². The Labute approximate surface area is 172 Å². The second-order valence-corrected chi connectivity index (χ2v) is 6.74. The summed E-state index contributed by atoms with van der Waals surface area (Å²) >= 11 is 6.29. The molecule has 0 bridgehead atoms. The molecule has 1 N–H and O–H groups in total. The Balaban J connectivity index is 1.94. The molecule has 0 aliphatic rings. The van der Waals surface area contributed by atoms with Gasteiger partial charge in [-0.25, -0.2) is 4.57 Å². The van der Waals surface area contributed by atoms with Gasteiger partial charge in [0, 0.05) is 17.0 Å². The summed E-state index contributed by atoms with van der Waals surface area (Å²) in [6, 6.07) is 21.2. The van der Waals surface area contributed by atoms with Gasteiger partial charge < -0.3 is 9.84 Å². The first-order valence-corrected chi connectivity index (χ1v) is 9.27. The summed E-state index contributed by atoms with van der Waals surface area (Å²) < 4.78 is 6.36. The molecule has 0 amide bonds. The summed E-state index contributed by atoms with van der Waals surface area (Å²) in [6.45, 7) is 0. The third kappa shape index (κ3) is 3.48. The minimum absolute atomic E-state index is 0.223. The van der Waals surface area contributed by atoms with E-state index in [2.05, 4.69) is 4.99 Å². The molecule has 4 aromatic rings. The van der Waals surface area contributed by atoms with Crippen molar-refractivity contribution in [3.63, 3.8) is 0 Å². The average Bonchev–Trinajstić information content (AvgIpc) is 2.75. The van der Waals surface area contributed by atoms with Crippen LogP contribution in [0.4, 0.5) is 5.69 Å². The molecule has 0 atom stereocenters. The van der Waals surface area contributed by atoms with Crippen LogP contribution >= 0.6 is 11.6 Å². The van der Waals surface area contributed by atoms with E-state index in [0.29, 0.717) is 32.7 Å². The van der Waals surface area contributed by atoms with Gasteiger partial charge in [0.1, 0.15) is 5.75 Å². The predicted molar refractivity (Wildman–Crippen MR) is 116 cm³/mol. The molecule has 144 valence electrons. The van der Waals surface area contributed by atoms with Gasteiger partial charge in [-0.05, 0) is 42.5 Å². The molecule has 0 aliphatic heterocycles. The number of halogens is 1. The minimum atomic E-state index is -0.354. The number of aromatic hydroxyl groups is 1. The zero-order valence-corrected chi connectivity index (χ0v) is 16.3. The van der Waals surface area contributed by atoms with Crippen LogP contribution in [0.3, 0.4) is 0 Å². The van der Waals surface area contributed by atoms with Crippen molar-refractivity contribution < 1.29 is 9.84 Å². The number of benzene rings is 3. The maximum Gasteiger partial charge on any atom is 0.265 e. The highest BCUT2D eigenvalue weighted by molar-refractivity contribution is 6.32. The molecule has 4 rings (SSSR count). The molecule has 0 fully saturated rings. The van der Waals surface area contributed by atoms with Crippen LogP contribution in [-0.4, -0.2) is 23.0 Å². The van der Waals surface area contributed by atoms with Crippen LogP contribution < -0.4 is 10.3 Å². The first-order valence-electron chi connectivity index (χ1n) is 8.90. The fourth-order valence-corrected chi connectivity index (χ4v) is 3.37. The first-order chi connectivity index (χ1) is 14.1. The van der Waals surface area contributed by atoms with Gasteiger partial charge in [-0.3, -0.25) is 9.79 Å². The largest absolute Gasteiger partial charge is 0.497 e. The number of para-hydroxylation sites is 1. The minimum Gasteiger partial charge on any atom is -0.497 e. The van der Waals surface area contributed by atoms with Crippen LogP contribution in [0.15, 0.2) is 82.6 Å². The van der Waals surface area contributed by atoms with E-state index in [1.807, 2.05) is 6.07 Å². The van der Waals surface area contributed by atoms with Crippen molar-refractivity contribution >= 4 is 34.3 Å². The first kappa shape index (κ1) is 18.8. The Bertz CT molecular complexity index is 1280. The number of aliphatic imine (C=N–C) groups is 1. The van der Waals surface area contributed by atoms with Crippen LogP contribution in [0.5, 0.6) is 11.6 Å². The van der Waals surface area contributed by atoms with Gasteiger partial charge in [0.15, 0.2) is 0 Å². The number of rotatable bonds is 4. The molecule has 0 saturated heterocycles. The highest BCUT2D eigenvalue weighted by Crippen LogP contribution is 2.29. The molecule has 0 unspecified atom stereocenters. The lowest BCUT2D eigenvalue weighted by atomic mass is 10.1. The number of aromatic nitrogens is 1. The molecule has 29 heavy (non-hydrogen) atoms. The second-order valence-electron chi connectivity index (χ2n) is 6.33. The van der Waals surface area contributed by atoms with Gasteiger partial charge in [-0.15, -0.1) is 0 Å². The quantitative estimate of drug-likeness (QED) is 0.481. The molecule has 1 aromatic heterocycles. The molecular formula is C23H17ClN2O3. The van der Waals surface area contributed by atoms with E-state index >= 15 is 0 Å². The van der Waals surface area contributed by atoms with Crippen molar-refractivity contribution in [1.82, 2.24) is 4.57 Å². The number of ether oxygens (including phenoxy) is 1. The van der Waals surface area contributed by atoms with Crippen LogP contribution in [0.2, 0.25) is 5.02 Å². The Kier molecular flexibility index (Phi) is 5.06. The predicted octanol–water partition coefficient (Wildman–Crippen LogP) is 5.11. The monoisotopic (exact) mass is 404 g/mol. The van der Waals surface area contributed by atoms with E-state index in [9.17, 15) is 9.90 Å². The van der Waals surface area contributed by atoms with Gasteiger partial charge in [0.05, 0.1) is 29.1 Å². The second kappa shape index (κ2) is 7.81. The van der Waals surface area contributed by atoms with E-state index in [1.54, 1.807) is 80.1 Å². The fraction of sp³-hybridized carbons (Fsp3) is 0.0435. The number of nitrogens with zero attached hydrogens (tertiary/aromatic N) is 2. The van der Waals surface area contributed by atoms with Gasteiger partial charge in [0.25, 0.3) is 5.56 Å². The fourth-order valence-electron chi connectivity index (χ4n) is 3.15. The van der Waals surface area contributed by atoms with Crippen molar-refractivity contribution in [2.45, 2.75) is 0 Å². The molecule has 0 saturated carbocycles. The number of hydrogen-bond acceptors (Lipinski definition) is 4. The lowest BCUT2D eigenvalue weighted by Crippen LogP contribution is -2.20. The zero-order valence-electron chi connectivity index (χ0n) is 15.5. The Morgan fingerprint density at radius 2 is 1.62 bits per heavy atom. The molecule has 0 radical (unpaired) electrons. The Morgan fingerprint density at radius 3 is 2.31 bits per heavy atom. The van der Waals surface area contributed by atoms with E-state index < -0.39 is 0 Å². The van der Waals surface area contributed by atoms with Gasteiger partial charge in [-0.2, -0.15) is 0 Å². The SMILES string of the molecule is COc1ccc(N=Cc2c(O)n(-c3ccccc3Cl)c(=O)c3ccccc23)cc1. The van der Waals surface area contributed by atoms with Crippen LogP contribution in [0, 0.1) is 0 Å². The summed E-state index contributed by atoms with van der Waals surface area (Å²) in [7, 11) is 1.60. The van der Waals surface area contributed by atoms with E-state index in [1.165, 1.54) is 4.57 Å². The molecule has 0 spiro atoms. The van der Waals surface area contributed by atoms with Crippen molar-refractivity contribution in [1.29, 1.82) is 0 Å². The molecule has 1 heterocycles. The lowest BCUT2D eigenvalue weighted by Gasteiger charge is -2.14. The molecule has 0 aliphatic carbocycles. The summed E-state index contributed by atoms with van der Waals surface area (Å²) in [6.07, 6.45) is 1.55. The lowest BCUT2D eigenvalue weighted by molar-refractivity contribution is 0.415. The molecular weight excluding hydrogens is 388 g/mol. The molecule has 3 aromatic carbocycles. The summed E-state index contributed by atoms with van der Waals surface area (Å²) in [4.78, 5) is 17.5. The van der Waals surface area contributed by atoms with Gasteiger partial charge >= 0.3 is 0 Å². The Morgan fingerprint density at radius 1 is 0.966 bits per heavy atom. The highest BCUT2D eigenvalue weighted by atomic mass is 35.5. The van der Waals surface area contributed by atoms with E-state index in [0.717, 1.165) is 5.75 Å². The summed E-state index contributed by atoms with van der Waals surface area (Å²) in [5, 5.41) is 12.4. The van der Waals surface area contributed by atoms with Crippen LogP contribution in [0.25, 0.3) is 16.5 Å². The molecule has 5 nitrogen and oxygen atoms in total. The van der Waals surface area contributed by atoms with E-state index in [4.69, 9.17) is 16.3 Å². The third-order valence-corrected chi connectivity index (χ3v) is 4.93. The van der Waals surface area contributed by atoms with Gasteiger partial charge in [0.2, 0.25) is 5.88 Å². The summed E-state index contributed by atoms with van der Waals surface area (Å²) in [5.41, 5.74) is 1.16. The number of methoxy groups -OCH3 is 1. The maximum absolute atomic E-state index is 13.1. The molecule has 6 heteroatoms. The number of pyridine rings is 1. The standard InChI is InChI=1S/C23H17ClN2O3/c1-29-16-12-10-15(11-13-16)25-14-19-17-6-2-3-7-18(17)22(27)26(23(19)28)21-9-5-4-8-20(21)24/h2-14,28H,1H3. The average molecular weight is 405 g/mol. The smallest absolute Gasteiger partial charge is 0.265 e.